The van der Waals surface area contributed by atoms with Crippen molar-refractivity contribution in [1.82, 2.24) is 0 Å². The van der Waals surface area contributed by atoms with Gasteiger partial charge < -0.3 is 14.2 Å². The first-order valence-corrected chi connectivity index (χ1v) is 11.7. The van der Waals surface area contributed by atoms with Crippen molar-refractivity contribution in [2.45, 2.75) is 78.2 Å². The summed E-state index contributed by atoms with van der Waals surface area (Å²) >= 11 is 3.43. The van der Waals surface area contributed by atoms with Crippen molar-refractivity contribution in [3.63, 3.8) is 0 Å². The van der Waals surface area contributed by atoms with Gasteiger partial charge in [-0.1, -0.05) is 29.3 Å². The summed E-state index contributed by atoms with van der Waals surface area (Å²) in [4.78, 5) is 24.2. The van der Waals surface area contributed by atoms with Crippen LogP contribution in [-0.4, -0.2) is 35.9 Å². The molecule has 2 rings (SSSR count). The molecule has 162 valence electrons. The molecule has 1 aliphatic heterocycles. The highest BCUT2D eigenvalue weighted by Crippen LogP contribution is 2.44. The number of aryl methyl sites for hydroxylation is 1. The lowest BCUT2D eigenvalue weighted by atomic mass is 9.85. The van der Waals surface area contributed by atoms with Gasteiger partial charge in [-0.2, -0.15) is 0 Å². The van der Waals surface area contributed by atoms with Crippen LogP contribution in [0, 0.1) is 0 Å². The smallest absolute Gasteiger partial charge is 0.305 e. The zero-order valence-electron chi connectivity index (χ0n) is 18.1. The molecule has 0 bridgehead atoms. The van der Waals surface area contributed by atoms with Crippen LogP contribution in [0.3, 0.4) is 0 Å². The number of carbonyl (C=O) groups excluding carboxylic acids is 2. The first-order chi connectivity index (χ1) is 13.8. The standard InChI is InChI=1S/C23H33BrO5/c1-5-8-18-21-17(15-19(16(3)25)22(18)28-14-7-13-24)9-11-23(4,29-21)12-10-20(26)27-6-2/h15H,5-14H2,1-4H3. The van der Waals surface area contributed by atoms with Crippen molar-refractivity contribution in [2.75, 3.05) is 18.5 Å². The van der Waals surface area contributed by atoms with Gasteiger partial charge in [-0.25, -0.2) is 0 Å². The fraction of sp³-hybridized carbons (Fsp3) is 0.652. The summed E-state index contributed by atoms with van der Waals surface area (Å²) in [5, 5.41) is 0.846. The molecule has 1 aliphatic rings. The quantitative estimate of drug-likeness (QED) is 0.187. The Bertz CT molecular complexity index is 730. The first-order valence-electron chi connectivity index (χ1n) is 10.6. The number of benzene rings is 1. The average molecular weight is 469 g/mol. The number of hydrogen-bond donors (Lipinski definition) is 0. The largest absolute Gasteiger partial charge is 0.492 e. The lowest BCUT2D eigenvalue weighted by molar-refractivity contribution is -0.144. The van der Waals surface area contributed by atoms with Gasteiger partial charge in [-0.3, -0.25) is 9.59 Å². The summed E-state index contributed by atoms with van der Waals surface area (Å²) in [6, 6.07) is 1.94. The molecular formula is C23H33BrO5. The number of fused-ring (bicyclic) bond motifs is 1. The molecule has 1 unspecified atom stereocenters. The van der Waals surface area contributed by atoms with E-state index >= 15 is 0 Å². The Labute approximate surface area is 182 Å². The number of hydrogen-bond acceptors (Lipinski definition) is 5. The molecule has 0 fully saturated rings. The number of esters is 1. The van der Waals surface area contributed by atoms with E-state index in [0.29, 0.717) is 37.4 Å². The van der Waals surface area contributed by atoms with Crippen molar-refractivity contribution < 1.29 is 23.8 Å². The molecular weight excluding hydrogens is 436 g/mol. The van der Waals surface area contributed by atoms with E-state index in [1.54, 1.807) is 6.92 Å². The Kier molecular flexibility index (Phi) is 9.00. The van der Waals surface area contributed by atoms with Crippen LogP contribution in [0.2, 0.25) is 0 Å². The van der Waals surface area contributed by atoms with E-state index in [-0.39, 0.29) is 11.8 Å². The number of rotatable bonds is 11. The van der Waals surface area contributed by atoms with Gasteiger partial charge in [-0.05, 0) is 64.5 Å². The molecule has 0 radical (unpaired) electrons. The SMILES string of the molecule is CCCc1c2c(cc(C(C)=O)c1OCCCBr)CCC(C)(CCC(=O)OCC)O2. The summed E-state index contributed by atoms with van der Waals surface area (Å²) in [6.07, 6.45) is 5.11. The van der Waals surface area contributed by atoms with E-state index < -0.39 is 5.60 Å². The van der Waals surface area contributed by atoms with E-state index in [1.165, 1.54) is 0 Å². The van der Waals surface area contributed by atoms with E-state index in [2.05, 4.69) is 29.8 Å². The second-order valence-corrected chi connectivity index (χ2v) is 8.57. The minimum absolute atomic E-state index is 0.00893. The maximum atomic E-state index is 12.3. The maximum Gasteiger partial charge on any atom is 0.305 e. The van der Waals surface area contributed by atoms with Crippen molar-refractivity contribution in [3.05, 3.63) is 22.8 Å². The normalized spacial score (nSPS) is 18.0. The fourth-order valence-corrected chi connectivity index (χ4v) is 3.91. The minimum Gasteiger partial charge on any atom is -0.492 e. The van der Waals surface area contributed by atoms with Crippen LogP contribution in [-0.2, 0) is 22.4 Å². The number of carbonyl (C=O) groups is 2. The number of alkyl halides is 1. The fourth-order valence-electron chi connectivity index (χ4n) is 3.68. The van der Waals surface area contributed by atoms with Crippen molar-refractivity contribution in [3.8, 4) is 11.5 Å². The number of Topliss-reactive ketones (excluding diaryl/α,β-unsaturated/α-hetero) is 1. The zero-order chi connectivity index (χ0) is 21.4. The highest BCUT2D eigenvalue weighted by atomic mass is 79.9. The lowest BCUT2D eigenvalue weighted by Gasteiger charge is -2.37. The lowest BCUT2D eigenvalue weighted by Crippen LogP contribution is -2.37. The zero-order valence-corrected chi connectivity index (χ0v) is 19.7. The van der Waals surface area contributed by atoms with Crippen LogP contribution in [0.25, 0.3) is 0 Å². The van der Waals surface area contributed by atoms with Crippen LogP contribution in [0.1, 0.15) is 81.3 Å². The molecule has 5 nitrogen and oxygen atoms in total. The first kappa shape index (κ1) is 23.7. The summed E-state index contributed by atoms with van der Waals surface area (Å²) < 4.78 is 17.7. The topological polar surface area (TPSA) is 61.8 Å². The van der Waals surface area contributed by atoms with E-state index in [4.69, 9.17) is 14.2 Å². The van der Waals surface area contributed by atoms with Crippen LogP contribution in [0.15, 0.2) is 6.07 Å². The van der Waals surface area contributed by atoms with Gasteiger partial charge in [0.1, 0.15) is 17.1 Å². The molecule has 0 spiro atoms. The number of ether oxygens (including phenoxy) is 3. The molecule has 0 saturated heterocycles. The highest BCUT2D eigenvalue weighted by Gasteiger charge is 2.35. The Morgan fingerprint density at radius 3 is 2.69 bits per heavy atom. The van der Waals surface area contributed by atoms with Gasteiger partial charge in [0.2, 0.25) is 0 Å². The molecule has 0 amide bonds. The summed E-state index contributed by atoms with van der Waals surface area (Å²) in [5.41, 5.74) is 2.24. The van der Waals surface area contributed by atoms with Crippen LogP contribution in [0.4, 0.5) is 0 Å². The van der Waals surface area contributed by atoms with Crippen LogP contribution < -0.4 is 9.47 Å². The monoisotopic (exact) mass is 468 g/mol. The van der Waals surface area contributed by atoms with E-state index in [9.17, 15) is 9.59 Å². The molecule has 0 saturated carbocycles. The van der Waals surface area contributed by atoms with Crippen molar-refractivity contribution >= 4 is 27.7 Å². The van der Waals surface area contributed by atoms with Gasteiger partial charge in [0.05, 0.1) is 18.8 Å². The second-order valence-electron chi connectivity index (χ2n) is 7.77. The van der Waals surface area contributed by atoms with Crippen molar-refractivity contribution in [1.29, 1.82) is 0 Å². The van der Waals surface area contributed by atoms with Gasteiger partial charge in [0, 0.05) is 17.3 Å². The average Bonchev–Trinajstić information content (AvgIpc) is 2.68. The van der Waals surface area contributed by atoms with Crippen LogP contribution in [0.5, 0.6) is 11.5 Å². The molecule has 0 N–H and O–H groups in total. The van der Waals surface area contributed by atoms with Gasteiger partial charge in [0.25, 0.3) is 0 Å². The molecule has 1 aromatic carbocycles. The molecule has 6 heteroatoms. The highest BCUT2D eigenvalue weighted by molar-refractivity contribution is 9.09. The summed E-state index contributed by atoms with van der Waals surface area (Å²) in [5.74, 6) is 1.31. The van der Waals surface area contributed by atoms with Crippen LogP contribution >= 0.6 is 15.9 Å². The maximum absolute atomic E-state index is 12.3. The molecule has 0 aromatic heterocycles. The molecule has 0 aliphatic carbocycles. The molecule has 1 heterocycles. The molecule has 1 atom stereocenters. The number of ketones is 1. The molecule has 1 aromatic rings. The van der Waals surface area contributed by atoms with Gasteiger partial charge in [-0.15, -0.1) is 0 Å². The Balaban J connectivity index is 2.37. The Hall–Kier alpha value is -1.56. The summed E-state index contributed by atoms with van der Waals surface area (Å²) in [7, 11) is 0. The predicted molar refractivity (Wildman–Crippen MR) is 118 cm³/mol. The third-order valence-corrected chi connectivity index (χ3v) is 5.80. The van der Waals surface area contributed by atoms with E-state index in [1.807, 2.05) is 13.0 Å². The third-order valence-electron chi connectivity index (χ3n) is 5.24. The van der Waals surface area contributed by atoms with Crippen molar-refractivity contribution in [2.24, 2.45) is 0 Å². The predicted octanol–water partition coefficient (Wildman–Crippen LogP) is 5.43. The second kappa shape index (κ2) is 11.0. The number of halogens is 1. The van der Waals surface area contributed by atoms with Gasteiger partial charge in [0.15, 0.2) is 5.78 Å². The van der Waals surface area contributed by atoms with Gasteiger partial charge >= 0.3 is 5.97 Å². The Morgan fingerprint density at radius 2 is 2.07 bits per heavy atom. The van der Waals surface area contributed by atoms with E-state index in [0.717, 1.165) is 54.3 Å². The third kappa shape index (κ3) is 6.21. The Morgan fingerprint density at radius 1 is 1.31 bits per heavy atom. The molecule has 29 heavy (non-hydrogen) atoms. The minimum atomic E-state index is -0.437. The summed E-state index contributed by atoms with van der Waals surface area (Å²) in [6.45, 7) is 8.49.